The molecule has 1 aliphatic rings. The van der Waals surface area contributed by atoms with Gasteiger partial charge in [0.2, 0.25) is 0 Å². The second kappa shape index (κ2) is 7.33. The van der Waals surface area contributed by atoms with Crippen LogP contribution in [-0.4, -0.2) is 38.9 Å². The van der Waals surface area contributed by atoms with Crippen LogP contribution in [0, 0.1) is 6.92 Å². The maximum atomic E-state index is 10.2. The zero-order valence-electron chi connectivity index (χ0n) is 16.5. The molecule has 4 aromatic rings. The minimum Gasteiger partial charge on any atom is -0.391 e. The van der Waals surface area contributed by atoms with Crippen LogP contribution in [0.2, 0.25) is 0 Å². The van der Waals surface area contributed by atoms with Crippen molar-refractivity contribution in [2.24, 2.45) is 0 Å². The van der Waals surface area contributed by atoms with Crippen molar-refractivity contribution in [1.82, 2.24) is 14.6 Å². The van der Waals surface area contributed by atoms with Gasteiger partial charge in [-0.25, -0.2) is 4.98 Å². The molecule has 0 saturated carbocycles. The molecule has 29 heavy (non-hydrogen) atoms. The number of fused-ring (bicyclic) bond motifs is 1. The van der Waals surface area contributed by atoms with Crippen LogP contribution in [0.15, 0.2) is 66.7 Å². The largest absolute Gasteiger partial charge is 0.391 e. The first-order chi connectivity index (χ1) is 14.2. The fourth-order valence-electron chi connectivity index (χ4n) is 3.97. The van der Waals surface area contributed by atoms with Crippen LogP contribution < -0.4 is 4.90 Å². The lowest BCUT2D eigenvalue weighted by Crippen LogP contribution is -2.39. The van der Waals surface area contributed by atoms with Crippen LogP contribution in [0.4, 0.5) is 5.82 Å². The van der Waals surface area contributed by atoms with Crippen LogP contribution in [0.5, 0.6) is 0 Å². The van der Waals surface area contributed by atoms with Crippen molar-refractivity contribution < 1.29 is 5.11 Å². The highest BCUT2D eigenvalue weighted by Crippen LogP contribution is 2.29. The number of nitrogens with zero attached hydrogens (tertiary/aromatic N) is 4. The van der Waals surface area contributed by atoms with E-state index in [-0.39, 0.29) is 6.10 Å². The molecule has 3 heterocycles. The van der Waals surface area contributed by atoms with E-state index in [1.807, 2.05) is 28.8 Å². The van der Waals surface area contributed by atoms with Gasteiger partial charge in [0.1, 0.15) is 5.82 Å². The van der Waals surface area contributed by atoms with Gasteiger partial charge in [0.05, 0.1) is 17.5 Å². The summed E-state index contributed by atoms with van der Waals surface area (Å²) in [6.45, 7) is 3.61. The van der Waals surface area contributed by atoms with Crippen LogP contribution in [0.25, 0.3) is 28.2 Å². The normalized spacial score (nSPS) is 17.0. The third kappa shape index (κ3) is 3.49. The van der Waals surface area contributed by atoms with Gasteiger partial charge in [-0.05, 0) is 19.8 Å². The lowest BCUT2D eigenvalue weighted by atomic mass is 10.1. The number of rotatable bonds is 3. The number of aryl methyl sites for hydroxylation is 1. The first-order valence-corrected chi connectivity index (χ1v) is 10.1. The number of hydrogen-bond acceptors (Lipinski definition) is 4. The molecule has 146 valence electrons. The molecular weight excluding hydrogens is 360 g/mol. The summed E-state index contributed by atoms with van der Waals surface area (Å²) in [6, 6.07) is 22.7. The van der Waals surface area contributed by atoms with Gasteiger partial charge < -0.3 is 10.0 Å². The summed E-state index contributed by atoms with van der Waals surface area (Å²) in [5.41, 5.74) is 6.02. The quantitative estimate of drug-likeness (QED) is 0.571. The van der Waals surface area contributed by atoms with E-state index in [4.69, 9.17) is 10.1 Å². The summed E-state index contributed by atoms with van der Waals surface area (Å²) in [6.07, 6.45) is 1.51. The third-order valence-electron chi connectivity index (χ3n) is 5.55. The topological polar surface area (TPSA) is 53.7 Å². The average molecular weight is 384 g/mol. The number of piperidine rings is 1. The summed E-state index contributed by atoms with van der Waals surface area (Å²) in [4.78, 5) is 7.12. The van der Waals surface area contributed by atoms with Crippen LogP contribution in [-0.2, 0) is 0 Å². The van der Waals surface area contributed by atoms with E-state index in [9.17, 15) is 5.11 Å². The van der Waals surface area contributed by atoms with Gasteiger partial charge in [-0.15, -0.1) is 0 Å². The zero-order valence-corrected chi connectivity index (χ0v) is 16.5. The highest BCUT2D eigenvalue weighted by atomic mass is 16.3. The molecule has 1 unspecified atom stereocenters. The summed E-state index contributed by atoms with van der Waals surface area (Å²) in [5.74, 6) is 0.978. The Bertz CT molecular complexity index is 1130. The predicted molar refractivity (Wildman–Crippen MR) is 116 cm³/mol. The van der Waals surface area contributed by atoms with Gasteiger partial charge in [-0.3, -0.25) is 0 Å². The van der Waals surface area contributed by atoms with Crippen molar-refractivity contribution in [3.05, 3.63) is 72.3 Å². The number of aromatic nitrogens is 3. The van der Waals surface area contributed by atoms with Crippen LogP contribution in [0.3, 0.4) is 0 Å². The molecule has 5 heteroatoms. The number of aliphatic hydroxyl groups is 1. The van der Waals surface area contributed by atoms with E-state index in [2.05, 4.69) is 54.3 Å². The zero-order chi connectivity index (χ0) is 19.8. The van der Waals surface area contributed by atoms with Crippen LogP contribution >= 0.6 is 0 Å². The van der Waals surface area contributed by atoms with Crippen molar-refractivity contribution in [2.75, 3.05) is 18.0 Å². The molecule has 5 nitrogen and oxygen atoms in total. The van der Waals surface area contributed by atoms with Crippen molar-refractivity contribution in [3.8, 4) is 22.5 Å². The average Bonchev–Trinajstić information content (AvgIpc) is 3.18. The van der Waals surface area contributed by atoms with E-state index in [1.54, 1.807) is 0 Å². The second-order valence-electron chi connectivity index (χ2n) is 7.77. The number of anilines is 1. The summed E-state index contributed by atoms with van der Waals surface area (Å²) in [7, 11) is 0. The fraction of sp³-hybridized carbons (Fsp3) is 0.250. The highest BCUT2D eigenvalue weighted by Gasteiger charge is 2.22. The molecule has 0 aliphatic carbocycles. The Morgan fingerprint density at radius 3 is 2.45 bits per heavy atom. The van der Waals surface area contributed by atoms with Crippen molar-refractivity contribution >= 4 is 11.5 Å². The van der Waals surface area contributed by atoms with E-state index < -0.39 is 0 Å². The van der Waals surface area contributed by atoms with E-state index in [0.717, 1.165) is 53.4 Å². The Kier molecular flexibility index (Phi) is 4.52. The monoisotopic (exact) mass is 384 g/mol. The van der Waals surface area contributed by atoms with Crippen molar-refractivity contribution in [1.29, 1.82) is 0 Å². The van der Waals surface area contributed by atoms with Crippen molar-refractivity contribution in [3.63, 3.8) is 0 Å². The molecule has 1 aliphatic heterocycles. The number of benzene rings is 2. The molecular formula is C24H24N4O. The first kappa shape index (κ1) is 17.9. The van der Waals surface area contributed by atoms with Gasteiger partial charge >= 0.3 is 0 Å². The van der Waals surface area contributed by atoms with Gasteiger partial charge in [-0.2, -0.15) is 9.61 Å². The first-order valence-electron chi connectivity index (χ1n) is 10.1. The van der Waals surface area contributed by atoms with Gasteiger partial charge in [0.15, 0.2) is 5.65 Å². The fourth-order valence-corrected chi connectivity index (χ4v) is 3.97. The van der Waals surface area contributed by atoms with E-state index in [0.29, 0.717) is 6.54 Å². The van der Waals surface area contributed by atoms with Crippen molar-refractivity contribution in [2.45, 2.75) is 25.9 Å². The minimum atomic E-state index is -0.306. The predicted octanol–water partition coefficient (Wildman–Crippen LogP) is 4.33. The Morgan fingerprint density at radius 1 is 0.931 bits per heavy atom. The smallest absolute Gasteiger partial charge is 0.158 e. The Hall–Kier alpha value is -3.18. The third-order valence-corrected chi connectivity index (χ3v) is 5.55. The number of hydrogen-bond donors (Lipinski definition) is 1. The summed E-state index contributed by atoms with van der Waals surface area (Å²) in [5, 5.41) is 15.1. The standard InChI is InChI=1S/C24H24N4O/c1-17-9-11-19(12-10-17)22-14-23-25-21(18-6-3-2-4-7-18)15-24(28(23)26-22)27-13-5-8-20(29)16-27/h2-4,6-7,9-12,14-15,20,29H,5,8,13,16H2,1H3. The second-order valence-corrected chi connectivity index (χ2v) is 7.77. The Labute approximate surface area is 170 Å². The molecule has 0 amide bonds. The van der Waals surface area contributed by atoms with E-state index in [1.165, 1.54) is 5.56 Å². The lowest BCUT2D eigenvalue weighted by molar-refractivity contribution is 0.153. The van der Waals surface area contributed by atoms with Crippen LogP contribution in [0.1, 0.15) is 18.4 Å². The Morgan fingerprint density at radius 2 is 1.69 bits per heavy atom. The molecule has 2 aromatic heterocycles. The highest BCUT2D eigenvalue weighted by molar-refractivity contribution is 5.71. The SMILES string of the molecule is Cc1ccc(-c2cc3nc(-c4ccccc4)cc(N4CCCC(O)C4)n3n2)cc1. The Balaban J connectivity index is 1.67. The molecule has 0 radical (unpaired) electrons. The molecule has 1 N–H and O–H groups in total. The molecule has 1 saturated heterocycles. The molecule has 0 spiro atoms. The van der Waals surface area contributed by atoms with E-state index >= 15 is 0 Å². The van der Waals surface area contributed by atoms with Gasteiger partial charge in [0, 0.05) is 36.3 Å². The molecule has 0 bridgehead atoms. The molecule has 5 rings (SSSR count). The van der Waals surface area contributed by atoms with Gasteiger partial charge in [0.25, 0.3) is 0 Å². The maximum Gasteiger partial charge on any atom is 0.158 e. The minimum absolute atomic E-state index is 0.306. The van der Waals surface area contributed by atoms with Gasteiger partial charge in [-0.1, -0.05) is 60.2 Å². The molecule has 1 fully saturated rings. The summed E-state index contributed by atoms with van der Waals surface area (Å²) < 4.78 is 1.92. The molecule has 1 atom stereocenters. The number of β-amino-alcohol motifs (C(OH)–C–C–N with tert-alkyl or cyclic N) is 1. The number of aliphatic hydroxyl groups excluding tert-OH is 1. The lowest BCUT2D eigenvalue weighted by Gasteiger charge is -2.32. The summed E-state index contributed by atoms with van der Waals surface area (Å²) >= 11 is 0. The molecule has 2 aromatic carbocycles. The maximum absolute atomic E-state index is 10.2.